The van der Waals surface area contributed by atoms with Gasteiger partial charge in [-0.05, 0) is 34.5 Å². The fraction of sp³-hybridized carbons (Fsp3) is 0. The number of benzene rings is 3. The maximum atomic E-state index is 11.2. The summed E-state index contributed by atoms with van der Waals surface area (Å²) in [4.78, 5) is 11.2. The molecular formula is C18H11NO2. The van der Waals surface area contributed by atoms with Crippen molar-refractivity contribution in [3.63, 3.8) is 0 Å². The monoisotopic (exact) mass is 273 g/mol. The summed E-state index contributed by atoms with van der Waals surface area (Å²) in [6, 6.07) is 20.4. The highest BCUT2D eigenvalue weighted by Gasteiger charge is 2.12. The summed E-state index contributed by atoms with van der Waals surface area (Å²) >= 11 is 0. The molecule has 3 nitrogen and oxygen atoms in total. The fourth-order valence-corrected chi connectivity index (χ4v) is 2.46. The number of nitriles is 1. The standard InChI is InChI=1S/C18H11NO2/c19-11-14-9-8-13(18(20)21)10-17(14)16-7-3-5-12-4-1-2-6-15(12)16/h1-10H,(H,20,21). The highest BCUT2D eigenvalue weighted by atomic mass is 16.4. The maximum Gasteiger partial charge on any atom is 0.335 e. The molecule has 0 saturated carbocycles. The van der Waals surface area contributed by atoms with Crippen LogP contribution in [0, 0.1) is 11.3 Å². The van der Waals surface area contributed by atoms with Gasteiger partial charge in [0.2, 0.25) is 0 Å². The molecule has 0 aliphatic carbocycles. The third-order valence-electron chi connectivity index (χ3n) is 3.47. The first-order valence-corrected chi connectivity index (χ1v) is 6.46. The molecule has 0 aliphatic heterocycles. The molecule has 0 amide bonds. The molecule has 3 aromatic carbocycles. The minimum absolute atomic E-state index is 0.178. The molecule has 0 aromatic heterocycles. The third kappa shape index (κ3) is 2.24. The second kappa shape index (κ2) is 5.10. The average Bonchev–Trinajstić information content (AvgIpc) is 2.53. The van der Waals surface area contributed by atoms with Crippen molar-refractivity contribution in [1.82, 2.24) is 0 Å². The molecule has 3 rings (SSSR count). The minimum atomic E-state index is -0.999. The zero-order valence-electron chi connectivity index (χ0n) is 11.1. The highest BCUT2D eigenvalue weighted by Crippen LogP contribution is 2.31. The van der Waals surface area contributed by atoms with E-state index in [1.54, 1.807) is 12.1 Å². The van der Waals surface area contributed by atoms with Crippen LogP contribution in [-0.4, -0.2) is 11.1 Å². The van der Waals surface area contributed by atoms with E-state index >= 15 is 0 Å². The van der Waals surface area contributed by atoms with Crippen LogP contribution in [0.3, 0.4) is 0 Å². The Morgan fingerprint density at radius 1 is 0.952 bits per heavy atom. The fourth-order valence-electron chi connectivity index (χ4n) is 2.46. The Kier molecular flexibility index (Phi) is 3.13. The first kappa shape index (κ1) is 12.9. The Labute approximate surface area is 121 Å². The Balaban J connectivity index is 2.34. The van der Waals surface area contributed by atoms with Crippen molar-refractivity contribution >= 4 is 16.7 Å². The van der Waals surface area contributed by atoms with Gasteiger partial charge in [0, 0.05) is 5.56 Å². The number of fused-ring (bicyclic) bond motifs is 1. The smallest absolute Gasteiger partial charge is 0.335 e. The lowest BCUT2D eigenvalue weighted by atomic mass is 9.93. The number of hydrogen-bond acceptors (Lipinski definition) is 2. The number of aromatic carboxylic acids is 1. The number of carboxylic acids is 1. The van der Waals surface area contributed by atoms with Gasteiger partial charge in [-0.2, -0.15) is 5.26 Å². The van der Waals surface area contributed by atoms with Crippen LogP contribution in [0.5, 0.6) is 0 Å². The van der Waals surface area contributed by atoms with Crippen molar-refractivity contribution in [3.8, 4) is 17.2 Å². The van der Waals surface area contributed by atoms with E-state index in [1.165, 1.54) is 6.07 Å². The van der Waals surface area contributed by atoms with Gasteiger partial charge in [0.1, 0.15) is 0 Å². The molecule has 0 bridgehead atoms. The van der Waals surface area contributed by atoms with Crippen LogP contribution >= 0.6 is 0 Å². The average molecular weight is 273 g/mol. The number of carboxylic acid groups (broad SMARTS) is 1. The first-order chi connectivity index (χ1) is 10.2. The summed E-state index contributed by atoms with van der Waals surface area (Å²) in [6.07, 6.45) is 0. The van der Waals surface area contributed by atoms with Crippen LogP contribution in [0.4, 0.5) is 0 Å². The van der Waals surface area contributed by atoms with Crippen molar-refractivity contribution in [2.75, 3.05) is 0 Å². The Bertz CT molecular complexity index is 886. The van der Waals surface area contributed by atoms with E-state index in [4.69, 9.17) is 5.11 Å². The number of nitrogens with zero attached hydrogens (tertiary/aromatic N) is 1. The molecule has 0 fully saturated rings. The second-order valence-electron chi connectivity index (χ2n) is 4.70. The molecule has 0 spiro atoms. The van der Waals surface area contributed by atoms with Gasteiger partial charge in [0.15, 0.2) is 0 Å². The molecule has 0 heterocycles. The first-order valence-electron chi connectivity index (χ1n) is 6.46. The summed E-state index contributed by atoms with van der Waals surface area (Å²) < 4.78 is 0. The van der Waals surface area contributed by atoms with Gasteiger partial charge in [-0.15, -0.1) is 0 Å². The molecule has 0 radical (unpaired) electrons. The number of carbonyl (C=O) groups is 1. The lowest BCUT2D eigenvalue weighted by Gasteiger charge is -2.09. The van der Waals surface area contributed by atoms with Crippen molar-refractivity contribution in [2.24, 2.45) is 0 Å². The predicted molar refractivity (Wildman–Crippen MR) is 81.1 cm³/mol. The zero-order chi connectivity index (χ0) is 14.8. The largest absolute Gasteiger partial charge is 0.478 e. The van der Waals surface area contributed by atoms with Crippen LogP contribution < -0.4 is 0 Å². The topological polar surface area (TPSA) is 61.1 Å². The molecule has 3 aromatic rings. The number of rotatable bonds is 2. The molecule has 21 heavy (non-hydrogen) atoms. The van der Waals surface area contributed by atoms with Crippen LogP contribution in [0.25, 0.3) is 21.9 Å². The molecule has 3 heteroatoms. The van der Waals surface area contributed by atoms with Crippen molar-refractivity contribution in [2.45, 2.75) is 0 Å². The number of hydrogen-bond donors (Lipinski definition) is 1. The molecule has 0 atom stereocenters. The molecule has 0 aliphatic rings. The summed E-state index contributed by atoms with van der Waals surface area (Å²) in [6.45, 7) is 0. The van der Waals surface area contributed by atoms with E-state index in [2.05, 4.69) is 6.07 Å². The quantitative estimate of drug-likeness (QED) is 0.765. The summed E-state index contributed by atoms with van der Waals surface area (Å²) in [5.41, 5.74) is 2.16. The van der Waals surface area contributed by atoms with Crippen molar-refractivity contribution < 1.29 is 9.90 Å². The highest BCUT2D eigenvalue weighted by molar-refractivity contribution is 5.99. The zero-order valence-corrected chi connectivity index (χ0v) is 11.1. The van der Waals surface area contributed by atoms with Crippen LogP contribution in [0.2, 0.25) is 0 Å². The maximum absolute atomic E-state index is 11.2. The lowest BCUT2D eigenvalue weighted by Crippen LogP contribution is -1.97. The Morgan fingerprint density at radius 2 is 1.71 bits per heavy atom. The predicted octanol–water partition coefficient (Wildman–Crippen LogP) is 4.08. The van der Waals surface area contributed by atoms with Gasteiger partial charge in [0.25, 0.3) is 0 Å². The van der Waals surface area contributed by atoms with Crippen LogP contribution in [-0.2, 0) is 0 Å². The summed E-state index contributed by atoms with van der Waals surface area (Å²) in [7, 11) is 0. The van der Waals surface area contributed by atoms with Gasteiger partial charge in [-0.3, -0.25) is 0 Å². The van der Waals surface area contributed by atoms with Gasteiger partial charge in [-0.1, -0.05) is 42.5 Å². The molecule has 1 N–H and O–H groups in total. The Morgan fingerprint density at radius 3 is 2.48 bits per heavy atom. The summed E-state index contributed by atoms with van der Waals surface area (Å²) in [5, 5.41) is 20.5. The summed E-state index contributed by atoms with van der Waals surface area (Å²) in [5.74, 6) is -0.999. The van der Waals surface area contributed by atoms with Crippen LogP contribution in [0.1, 0.15) is 15.9 Å². The molecule has 100 valence electrons. The van der Waals surface area contributed by atoms with Crippen LogP contribution in [0.15, 0.2) is 60.7 Å². The SMILES string of the molecule is N#Cc1ccc(C(=O)O)cc1-c1cccc2ccccc12. The molecular weight excluding hydrogens is 262 g/mol. The van der Waals surface area contributed by atoms with E-state index < -0.39 is 5.97 Å². The second-order valence-corrected chi connectivity index (χ2v) is 4.70. The van der Waals surface area contributed by atoms with E-state index in [-0.39, 0.29) is 5.56 Å². The molecule has 0 saturated heterocycles. The molecule has 0 unspecified atom stereocenters. The van der Waals surface area contributed by atoms with Crippen molar-refractivity contribution in [3.05, 3.63) is 71.8 Å². The normalized spacial score (nSPS) is 10.2. The van der Waals surface area contributed by atoms with Gasteiger partial charge >= 0.3 is 5.97 Å². The lowest BCUT2D eigenvalue weighted by molar-refractivity contribution is 0.0697. The van der Waals surface area contributed by atoms with Crippen molar-refractivity contribution in [1.29, 1.82) is 5.26 Å². The third-order valence-corrected chi connectivity index (χ3v) is 3.47. The van der Waals surface area contributed by atoms with Gasteiger partial charge in [0.05, 0.1) is 17.2 Å². The van der Waals surface area contributed by atoms with E-state index in [0.29, 0.717) is 11.1 Å². The Hall–Kier alpha value is -3.12. The van der Waals surface area contributed by atoms with E-state index in [1.807, 2.05) is 42.5 Å². The van der Waals surface area contributed by atoms with Gasteiger partial charge in [-0.25, -0.2) is 4.79 Å². The minimum Gasteiger partial charge on any atom is -0.478 e. The van der Waals surface area contributed by atoms with E-state index in [9.17, 15) is 10.1 Å². The van der Waals surface area contributed by atoms with Gasteiger partial charge < -0.3 is 5.11 Å². The van der Waals surface area contributed by atoms with E-state index in [0.717, 1.165) is 16.3 Å².